The molecule has 1 heterocycles. The number of nitrogens with one attached hydrogen (secondary N) is 1. The quantitative estimate of drug-likeness (QED) is 0.218. The molecule has 2 aromatic rings. The van der Waals surface area contributed by atoms with Gasteiger partial charge in [0.2, 0.25) is 0 Å². The fourth-order valence-corrected chi connectivity index (χ4v) is 4.12. The molecule has 6 nitrogen and oxygen atoms in total. The number of ether oxygens (including phenoxy) is 1. The monoisotopic (exact) mass is 526 g/mol. The maximum atomic E-state index is 13.3. The number of rotatable bonds is 10. The number of nitrogens with zero attached hydrogens (tertiary/aromatic N) is 1. The van der Waals surface area contributed by atoms with Crippen molar-refractivity contribution >= 4 is 45.5 Å². The number of hydrogen-bond donors (Lipinski definition) is 1. The van der Waals surface area contributed by atoms with Crippen molar-refractivity contribution < 1.29 is 19.1 Å². The minimum Gasteiger partial charge on any atom is -0.493 e. The van der Waals surface area contributed by atoms with E-state index in [9.17, 15) is 14.4 Å². The number of amides is 4. The predicted octanol–water partition coefficient (Wildman–Crippen LogP) is 6.47. The molecule has 0 aromatic heterocycles. The van der Waals surface area contributed by atoms with Crippen LogP contribution < -0.4 is 15.0 Å². The van der Waals surface area contributed by atoms with Crippen LogP contribution in [0, 0.1) is 13.8 Å². The number of halogens is 1. The molecule has 0 radical (unpaired) electrons. The van der Waals surface area contributed by atoms with Gasteiger partial charge in [0.1, 0.15) is 11.3 Å². The molecule has 1 fully saturated rings. The van der Waals surface area contributed by atoms with Crippen LogP contribution in [-0.2, 0) is 9.59 Å². The van der Waals surface area contributed by atoms with E-state index in [0.29, 0.717) is 23.6 Å². The van der Waals surface area contributed by atoms with Crippen molar-refractivity contribution in [3.8, 4) is 5.75 Å². The highest BCUT2D eigenvalue weighted by Crippen LogP contribution is 2.29. The van der Waals surface area contributed by atoms with Crippen molar-refractivity contribution in [1.29, 1.82) is 0 Å². The minimum atomic E-state index is -0.760. The number of benzene rings is 2. The van der Waals surface area contributed by atoms with Gasteiger partial charge in [0.25, 0.3) is 11.8 Å². The van der Waals surface area contributed by atoms with Crippen LogP contribution in [0.1, 0.15) is 62.1 Å². The number of aryl methyl sites for hydroxylation is 2. The Morgan fingerprint density at radius 3 is 2.41 bits per heavy atom. The lowest BCUT2D eigenvalue weighted by atomic mass is 10.0. The third-order valence-corrected chi connectivity index (χ3v) is 6.37. The van der Waals surface area contributed by atoms with Gasteiger partial charge in [-0.3, -0.25) is 14.9 Å². The second-order valence-corrected chi connectivity index (χ2v) is 9.44. The molecule has 0 spiro atoms. The molecule has 4 amide bonds. The first-order valence-corrected chi connectivity index (χ1v) is 12.5. The van der Waals surface area contributed by atoms with E-state index >= 15 is 0 Å². The molecule has 1 N–H and O–H groups in total. The zero-order valence-electron chi connectivity index (χ0n) is 19.9. The molecule has 3 rings (SSSR count). The molecule has 0 unspecified atom stereocenters. The number of hydrogen-bond acceptors (Lipinski definition) is 4. The summed E-state index contributed by atoms with van der Waals surface area (Å²) in [6, 6.07) is 9.99. The molecule has 0 bridgehead atoms. The fourth-order valence-electron chi connectivity index (χ4n) is 3.74. The Bertz CT molecular complexity index is 1110. The number of urea groups is 1. The van der Waals surface area contributed by atoms with Gasteiger partial charge in [-0.1, -0.05) is 61.0 Å². The summed E-state index contributed by atoms with van der Waals surface area (Å²) in [6.45, 7) is 6.60. The molecule has 0 atom stereocenters. The Balaban J connectivity index is 1.82. The summed E-state index contributed by atoms with van der Waals surface area (Å²) in [5, 5.41) is 2.28. The lowest BCUT2D eigenvalue weighted by molar-refractivity contribution is -0.122. The SMILES string of the molecule is CCCCCCCCOc1ccc(Br)cc1/C=C1/C(=O)NC(=O)N(c2ccc(C)c(C)c2)C1=O. The second-order valence-electron chi connectivity index (χ2n) is 8.52. The standard InChI is InChI=1S/C27H31BrN2O4/c1-4-5-6-7-8-9-14-34-24-13-11-21(28)16-20(24)17-23-25(31)29-27(33)30(26(23)32)22-12-10-18(2)19(3)15-22/h10-13,15-17H,4-9,14H2,1-3H3,(H,29,31,33)/b23-17-. The summed E-state index contributed by atoms with van der Waals surface area (Å²) in [6.07, 6.45) is 8.41. The number of carbonyl (C=O) groups excluding carboxylic acids is 3. The lowest BCUT2D eigenvalue weighted by Gasteiger charge is -2.27. The average molecular weight is 527 g/mol. The van der Waals surface area contributed by atoms with E-state index in [2.05, 4.69) is 28.2 Å². The molecule has 1 aliphatic heterocycles. The van der Waals surface area contributed by atoms with Gasteiger partial charge >= 0.3 is 6.03 Å². The van der Waals surface area contributed by atoms with Crippen molar-refractivity contribution in [1.82, 2.24) is 5.32 Å². The second kappa shape index (κ2) is 12.0. The Morgan fingerprint density at radius 1 is 0.941 bits per heavy atom. The topological polar surface area (TPSA) is 75.7 Å². The lowest BCUT2D eigenvalue weighted by Crippen LogP contribution is -2.54. The molecule has 1 aliphatic rings. The van der Waals surface area contributed by atoms with E-state index in [1.165, 1.54) is 31.8 Å². The third-order valence-electron chi connectivity index (χ3n) is 5.88. The Kier molecular flexibility index (Phi) is 9.05. The van der Waals surface area contributed by atoms with Gasteiger partial charge in [0, 0.05) is 10.0 Å². The maximum absolute atomic E-state index is 13.3. The highest BCUT2D eigenvalue weighted by atomic mass is 79.9. The number of imide groups is 2. The van der Waals surface area contributed by atoms with E-state index < -0.39 is 17.8 Å². The summed E-state index contributed by atoms with van der Waals surface area (Å²) in [4.78, 5) is 39.4. The summed E-state index contributed by atoms with van der Waals surface area (Å²) in [5.41, 5.74) is 2.87. The summed E-state index contributed by atoms with van der Waals surface area (Å²) in [5.74, 6) is -0.810. The van der Waals surface area contributed by atoms with Crippen LogP contribution in [0.4, 0.5) is 10.5 Å². The van der Waals surface area contributed by atoms with Crippen molar-refractivity contribution in [2.75, 3.05) is 11.5 Å². The third kappa shape index (κ3) is 6.35. The number of anilines is 1. The predicted molar refractivity (Wildman–Crippen MR) is 138 cm³/mol. The van der Waals surface area contributed by atoms with E-state index in [1.807, 2.05) is 32.0 Å². The van der Waals surface area contributed by atoms with E-state index in [4.69, 9.17) is 4.74 Å². The van der Waals surface area contributed by atoms with Gasteiger partial charge in [0.05, 0.1) is 12.3 Å². The molecule has 7 heteroatoms. The summed E-state index contributed by atoms with van der Waals surface area (Å²) in [7, 11) is 0. The first-order chi connectivity index (χ1) is 16.3. The molecule has 1 saturated heterocycles. The van der Waals surface area contributed by atoms with Crippen molar-refractivity contribution in [3.05, 3.63) is 63.1 Å². The van der Waals surface area contributed by atoms with Crippen LogP contribution in [0.5, 0.6) is 5.75 Å². The Morgan fingerprint density at radius 2 is 1.68 bits per heavy atom. The summed E-state index contributed by atoms with van der Waals surface area (Å²) >= 11 is 3.45. The van der Waals surface area contributed by atoms with Crippen LogP contribution in [0.2, 0.25) is 0 Å². The van der Waals surface area contributed by atoms with E-state index in [0.717, 1.165) is 33.3 Å². The zero-order valence-corrected chi connectivity index (χ0v) is 21.5. The zero-order chi connectivity index (χ0) is 24.7. The number of carbonyl (C=O) groups is 3. The maximum Gasteiger partial charge on any atom is 0.335 e. The molecule has 180 valence electrons. The molecule has 0 saturated carbocycles. The van der Waals surface area contributed by atoms with E-state index in [1.54, 1.807) is 18.2 Å². The van der Waals surface area contributed by atoms with Crippen LogP contribution in [0.15, 0.2) is 46.4 Å². The first kappa shape index (κ1) is 25.7. The van der Waals surface area contributed by atoms with Crippen LogP contribution in [-0.4, -0.2) is 24.5 Å². The van der Waals surface area contributed by atoms with Crippen LogP contribution >= 0.6 is 15.9 Å². The van der Waals surface area contributed by atoms with Gasteiger partial charge < -0.3 is 4.74 Å². The van der Waals surface area contributed by atoms with Gasteiger partial charge in [-0.05, 0) is 67.8 Å². The van der Waals surface area contributed by atoms with Crippen LogP contribution in [0.3, 0.4) is 0 Å². The highest BCUT2D eigenvalue weighted by molar-refractivity contribution is 9.10. The molecular formula is C27H31BrN2O4. The fraction of sp³-hybridized carbons (Fsp3) is 0.370. The van der Waals surface area contributed by atoms with Gasteiger partial charge in [-0.2, -0.15) is 0 Å². The minimum absolute atomic E-state index is 0.125. The highest BCUT2D eigenvalue weighted by Gasteiger charge is 2.37. The summed E-state index contributed by atoms with van der Waals surface area (Å²) < 4.78 is 6.77. The normalized spacial score (nSPS) is 15.1. The van der Waals surface area contributed by atoms with Crippen LogP contribution in [0.25, 0.3) is 6.08 Å². The van der Waals surface area contributed by atoms with Gasteiger partial charge in [-0.15, -0.1) is 0 Å². The average Bonchev–Trinajstić information content (AvgIpc) is 2.79. The largest absolute Gasteiger partial charge is 0.493 e. The van der Waals surface area contributed by atoms with E-state index in [-0.39, 0.29) is 5.57 Å². The molecule has 34 heavy (non-hydrogen) atoms. The Hall–Kier alpha value is -2.93. The van der Waals surface area contributed by atoms with Crippen molar-refractivity contribution in [2.45, 2.75) is 59.3 Å². The molecule has 2 aromatic carbocycles. The van der Waals surface area contributed by atoms with Gasteiger partial charge in [-0.25, -0.2) is 9.69 Å². The van der Waals surface area contributed by atoms with Gasteiger partial charge in [0.15, 0.2) is 0 Å². The molecule has 0 aliphatic carbocycles. The first-order valence-electron chi connectivity index (χ1n) is 11.7. The Labute approximate surface area is 209 Å². The smallest absolute Gasteiger partial charge is 0.335 e. The number of barbiturate groups is 1. The number of unbranched alkanes of at least 4 members (excludes halogenated alkanes) is 5. The molecular weight excluding hydrogens is 496 g/mol. The van der Waals surface area contributed by atoms with Crippen molar-refractivity contribution in [3.63, 3.8) is 0 Å². The van der Waals surface area contributed by atoms with Crippen molar-refractivity contribution in [2.24, 2.45) is 0 Å².